The molecule has 6 nitrogen and oxygen atoms in total. The number of aryl methyl sites for hydroxylation is 1. The van der Waals surface area contributed by atoms with Crippen molar-refractivity contribution in [2.75, 3.05) is 13.7 Å². The van der Waals surface area contributed by atoms with E-state index in [1.807, 2.05) is 41.7 Å². The maximum absolute atomic E-state index is 13.1. The highest BCUT2D eigenvalue weighted by atomic mass is 16.5. The number of hydrogen-bond donors (Lipinski definition) is 1. The summed E-state index contributed by atoms with van der Waals surface area (Å²) >= 11 is 0. The van der Waals surface area contributed by atoms with Crippen LogP contribution in [0.4, 0.5) is 0 Å². The predicted molar refractivity (Wildman–Crippen MR) is 100 cm³/mol. The zero-order valence-corrected chi connectivity index (χ0v) is 15.0. The molecule has 1 fully saturated rings. The molecule has 136 valence electrons. The Morgan fingerprint density at radius 2 is 2.27 bits per heavy atom. The van der Waals surface area contributed by atoms with Crippen LogP contribution in [0.5, 0.6) is 5.75 Å². The van der Waals surface area contributed by atoms with E-state index in [2.05, 4.69) is 14.5 Å². The lowest BCUT2D eigenvalue weighted by molar-refractivity contribution is 0.0590. The van der Waals surface area contributed by atoms with E-state index < -0.39 is 0 Å². The van der Waals surface area contributed by atoms with Gasteiger partial charge in [0.2, 0.25) is 0 Å². The monoisotopic (exact) mass is 352 g/mol. The summed E-state index contributed by atoms with van der Waals surface area (Å²) in [6.45, 7) is 1.71. The van der Waals surface area contributed by atoms with Crippen LogP contribution in [0.15, 0.2) is 43.0 Å². The third-order valence-corrected chi connectivity index (χ3v) is 5.23. The molecule has 0 radical (unpaired) electrons. The lowest BCUT2D eigenvalue weighted by Gasteiger charge is -2.35. The van der Waals surface area contributed by atoms with Crippen LogP contribution in [0.1, 0.15) is 36.2 Å². The molecule has 1 saturated heterocycles. The van der Waals surface area contributed by atoms with Crippen LogP contribution in [0.25, 0.3) is 10.9 Å². The van der Waals surface area contributed by atoms with E-state index in [0.29, 0.717) is 5.69 Å². The number of ether oxygens (including phenoxy) is 1. The third kappa shape index (κ3) is 3.31. The molecule has 1 aliphatic rings. The highest BCUT2D eigenvalue weighted by Gasteiger charge is 2.28. The minimum absolute atomic E-state index is 0.0931. The van der Waals surface area contributed by atoms with Gasteiger partial charge in [0.05, 0.1) is 13.4 Å². The number of aromatic nitrogens is 3. The number of fused-ring (bicyclic) bond motifs is 1. The van der Waals surface area contributed by atoms with Crippen LogP contribution in [0, 0.1) is 0 Å². The number of likely N-dealkylation sites (tertiary alicyclic amines) is 1. The fourth-order valence-electron chi connectivity index (χ4n) is 3.79. The summed E-state index contributed by atoms with van der Waals surface area (Å²) in [6.07, 6.45) is 9.87. The molecule has 1 aliphatic heterocycles. The Balaban J connectivity index is 1.52. The van der Waals surface area contributed by atoms with Gasteiger partial charge in [-0.05, 0) is 49.9 Å². The van der Waals surface area contributed by atoms with Gasteiger partial charge in [-0.15, -0.1) is 0 Å². The van der Waals surface area contributed by atoms with Crippen LogP contribution in [-0.4, -0.2) is 45.0 Å². The number of amides is 1. The largest absolute Gasteiger partial charge is 0.497 e. The van der Waals surface area contributed by atoms with Gasteiger partial charge in [0, 0.05) is 42.4 Å². The third-order valence-electron chi connectivity index (χ3n) is 5.23. The number of nitrogens with one attached hydrogen (secondary N) is 1. The summed E-state index contributed by atoms with van der Waals surface area (Å²) in [7, 11) is 1.65. The maximum Gasteiger partial charge on any atom is 0.270 e. The molecule has 1 amide bonds. The van der Waals surface area contributed by atoms with Crippen molar-refractivity contribution in [3.63, 3.8) is 0 Å². The fraction of sp³-hybridized carbons (Fsp3) is 0.400. The van der Waals surface area contributed by atoms with E-state index in [-0.39, 0.29) is 11.9 Å². The number of nitrogens with zero attached hydrogens (tertiary/aromatic N) is 3. The molecule has 1 aromatic carbocycles. The summed E-state index contributed by atoms with van der Waals surface area (Å²) in [5.74, 6) is 0.891. The Labute approximate surface area is 152 Å². The molecule has 1 atom stereocenters. The van der Waals surface area contributed by atoms with Crippen molar-refractivity contribution in [3.8, 4) is 5.75 Å². The number of carbonyl (C=O) groups excluding carboxylic acids is 1. The highest BCUT2D eigenvalue weighted by molar-refractivity contribution is 5.98. The van der Waals surface area contributed by atoms with Crippen molar-refractivity contribution >= 4 is 16.8 Å². The Morgan fingerprint density at radius 1 is 1.35 bits per heavy atom. The van der Waals surface area contributed by atoms with Crippen molar-refractivity contribution < 1.29 is 9.53 Å². The van der Waals surface area contributed by atoms with Crippen molar-refractivity contribution in [2.45, 2.75) is 38.3 Å². The van der Waals surface area contributed by atoms with E-state index in [0.717, 1.165) is 49.0 Å². The smallest absolute Gasteiger partial charge is 0.270 e. The lowest BCUT2D eigenvalue weighted by Crippen LogP contribution is -2.44. The minimum Gasteiger partial charge on any atom is -0.497 e. The summed E-state index contributed by atoms with van der Waals surface area (Å²) in [5, 5.41) is 1.000. The number of H-pyrrole nitrogens is 1. The Morgan fingerprint density at radius 3 is 3.08 bits per heavy atom. The number of aromatic amines is 1. The quantitative estimate of drug-likeness (QED) is 0.765. The molecule has 3 heterocycles. The van der Waals surface area contributed by atoms with Crippen LogP contribution >= 0.6 is 0 Å². The first-order valence-corrected chi connectivity index (χ1v) is 9.18. The molecule has 0 aliphatic carbocycles. The van der Waals surface area contributed by atoms with Gasteiger partial charge in [-0.3, -0.25) is 4.79 Å². The molecule has 26 heavy (non-hydrogen) atoms. The van der Waals surface area contributed by atoms with Crippen molar-refractivity contribution in [3.05, 3.63) is 48.7 Å². The van der Waals surface area contributed by atoms with Crippen molar-refractivity contribution in [1.29, 1.82) is 0 Å². The van der Waals surface area contributed by atoms with Gasteiger partial charge in [0.25, 0.3) is 5.91 Å². The molecule has 6 heteroatoms. The predicted octanol–water partition coefficient (Wildman–Crippen LogP) is 3.46. The minimum atomic E-state index is 0.0931. The van der Waals surface area contributed by atoms with Gasteiger partial charge in [-0.1, -0.05) is 0 Å². The van der Waals surface area contributed by atoms with Crippen molar-refractivity contribution in [2.24, 2.45) is 0 Å². The van der Waals surface area contributed by atoms with Gasteiger partial charge < -0.3 is 19.2 Å². The summed E-state index contributed by atoms with van der Waals surface area (Å²) in [6, 6.07) is 8.02. The van der Waals surface area contributed by atoms with Crippen LogP contribution in [0.2, 0.25) is 0 Å². The zero-order chi connectivity index (χ0) is 17.9. The number of rotatable bonds is 5. The molecular formula is C20H24N4O2. The standard InChI is InChI=1S/C20H24N4O2/c1-26-17-5-6-18-15(12-17)13-19(22-18)20(25)24-9-3-2-4-16(24)7-10-23-11-8-21-14-23/h5-6,8,11-14,16,22H,2-4,7,9-10H2,1H3/t16-/m1/s1. The number of benzene rings is 1. The second-order valence-corrected chi connectivity index (χ2v) is 6.87. The molecule has 0 saturated carbocycles. The number of carbonyl (C=O) groups is 1. The number of hydrogen-bond acceptors (Lipinski definition) is 3. The fourth-order valence-corrected chi connectivity index (χ4v) is 3.79. The summed E-state index contributed by atoms with van der Waals surface area (Å²) in [4.78, 5) is 22.5. The first-order valence-electron chi connectivity index (χ1n) is 9.18. The van der Waals surface area contributed by atoms with Gasteiger partial charge in [-0.25, -0.2) is 4.98 Å². The Bertz CT molecular complexity index is 884. The first kappa shape index (κ1) is 16.7. The van der Waals surface area contributed by atoms with Gasteiger partial charge in [0.15, 0.2) is 0 Å². The molecule has 3 aromatic rings. The average molecular weight is 352 g/mol. The maximum atomic E-state index is 13.1. The highest BCUT2D eigenvalue weighted by Crippen LogP contribution is 2.25. The number of piperidine rings is 1. The second-order valence-electron chi connectivity index (χ2n) is 6.87. The van der Waals surface area contributed by atoms with E-state index in [9.17, 15) is 4.79 Å². The molecule has 2 aromatic heterocycles. The average Bonchev–Trinajstić information content (AvgIpc) is 3.34. The topological polar surface area (TPSA) is 63.2 Å². The second kappa shape index (κ2) is 7.23. The normalized spacial score (nSPS) is 17.6. The van der Waals surface area contributed by atoms with E-state index in [4.69, 9.17) is 4.74 Å². The van der Waals surface area contributed by atoms with Gasteiger partial charge in [-0.2, -0.15) is 0 Å². The van der Waals surface area contributed by atoms with E-state index in [1.54, 1.807) is 13.3 Å². The molecular weight excluding hydrogens is 328 g/mol. The number of methoxy groups -OCH3 is 1. The van der Waals surface area contributed by atoms with Crippen LogP contribution < -0.4 is 4.74 Å². The molecule has 0 unspecified atom stereocenters. The summed E-state index contributed by atoms with van der Waals surface area (Å²) in [5.41, 5.74) is 1.61. The SMILES string of the molecule is COc1ccc2[nH]c(C(=O)N3CCCC[C@@H]3CCn3ccnc3)cc2c1. The van der Waals surface area contributed by atoms with E-state index in [1.165, 1.54) is 6.42 Å². The Hall–Kier alpha value is -2.76. The van der Waals surface area contributed by atoms with Gasteiger partial charge in [0.1, 0.15) is 11.4 Å². The molecule has 0 spiro atoms. The summed E-state index contributed by atoms with van der Waals surface area (Å²) < 4.78 is 7.35. The van der Waals surface area contributed by atoms with Crippen LogP contribution in [0.3, 0.4) is 0 Å². The van der Waals surface area contributed by atoms with Crippen molar-refractivity contribution in [1.82, 2.24) is 19.4 Å². The van der Waals surface area contributed by atoms with E-state index >= 15 is 0 Å². The first-order chi connectivity index (χ1) is 12.7. The molecule has 4 rings (SSSR count). The van der Waals surface area contributed by atoms with Gasteiger partial charge >= 0.3 is 0 Å². The molecule has 0 bridgehead atoms. The van der Waals surface area contributed by atoms with Crippen LogP contribution in [-0.2, 0) is 6.54 Å². The number of imidazole rings is 1. The Kier molecular flexibility index (Phi) is 4.65. The molecule has 1 N–H and O–H groups in total. The zero-order valence-electron chi connectivity index (χ0n) is 15.0. The lowest BCUT2D eigenvalue weighted by atomic mass is 9.98.